The van der Waals surface area contributed by atoms with Crippen molar-refractivity contribution in [3.05, 3.63) is 29.8 Å². The third-order valence-corrected chi connectivity index (χ3v) is 1.74. The van der Waals surface area contributed by atoms with Crippen LogP contribution in [0, 0.1) is 0 Å². The SMILES string of the molecule is O=C(O)c1ccc([As])cc1. The summed E-state index contributed by atoms with van der Waals surface area (Å²) in [5.74, 6) is -0.882. The third-order valence-electron chi connectivity index (χ3n) is 1.11. The van der Waals surface area contributed by atoms with E-state index in [1.54, 1.807) is 24.3 Å². The van der Waals surface area contributed by atoms with Crippen LogP contribution in [0.15, 0.2) is 24.3 Å². The molecular weight excluding hydrogens is 191 g/mol. The summed E-state index contributed by atoms with van der Waals surface area (Å²) in [6.45, 7) is 0. The average Bonchev–Trinajstić information content (AvgIpc) is 1.88. The molecule has 0 unspecified atom stereocenters. The van der Waals surface area contributed by atoms with Gasteiger partial charge in [-0.2, -0.15) is 0 Å². The molecule has 0 heterocycles. The zero-order valence-corrected chi connectivity index (χ0v) is 6.99. The fourth-order valence-electron chi connectivity index (χ4n) is 0.604. The van der Waals surface area contributed by atoms with Gasteiger partial charge in [-0.15, -0.1) is 0 Å². The van der Waals surface area contributed by atoms with Gasteiger partial charge >= 0.3 is 66.9 Å². The van der Waals surface area contributed by atoms with Crippen LogP contribution in [0.2, 0.25) is 0 Å². The second kappa shape index (κ2) is 2.89. The van der Waals surface area contributed by atoms with Crippen molar-refractivity contribution in [3.63, 3.8) is 0 Å². The van der Waals surface area contributed by atoms with Crippen LogP contribution in [-0.2, 0) is 0 Å². The zero-order chi connectivity index (χ0) is 7.56. The normalized spacial score (nSPS) is 9.30. The molecule has 0 aliphatic heterocycles. The standard InChI is InChI=1S/C7H5AsO2/c8-6-3-1-5(2-4-6)7(9)10/h1-4H,(H,9,10). The molecule has 0 fully saturated rings. The summed E-state index contributed by atoms with van der Waals surface area (Å²) in [5.41, 5.74) is 0.329. The molecule has 2 nitrogen and oxygen atoms in total. The van der Waals surface area contributed by atoms with Crippen molar-refractivity contribution in [2.45, 2.75) is 0 Å². The quantitative estimate of drug-likeness (QED) is 0.650. The number of carbonyl (C=O) groups is 1. The molecule has 3 heteroatoms. The Morgan fingerprint density at radius 2 is 1.80 bits per heavy atom. The van der Waals surface area contributed by atoms with Gasteiger partial charge in [0.1, 0.15) is 0 Å². The Hall–Kier alpha value is -0.752. The van der Waals surface area contributed by atoms with Gasteiger partial charge in [-0.25, -0.2) is 0 Å². The Balaban J connectivity index is 3.00. The second-order valence-corrected chi connectivity index (χ2v) is 2.94. The predicted octanol–water partition coefficient (Wildman–Crippen LogP) is 0.179. The van der Waals surface area contributed by atoms with Crippen molar-refractivity contribution in [3.8, 4) is 0 Å². The van der Waals surface area contributed by atoms with Crippen molar-refractivity contribution >= 4 is 27.2 Å². The van der Waals surface area contributed by atoms with Crippen LogP contribution in [0.3, 0.4) is 0 Å². The van der Waals surface area contributed by atoms with Crippen LogP contribution in [0.4, 0.5) is 0 Å². The molecule has 0 aliphatic carbocycles. The summed E-state index contributed by atoms with van der Waals surface area (Å²) in [7, 11) is 0. The molecule has 0 bridgehead atoms. The molecule has 50 valence electrons. The number of aromatic carboxylic acids is 1. The minimum absolute atomic E-state index is 0.329. The molecule has 1 N–H and O–H groups in total. The Bertz CT molecular complexity index is 240. The molecular formula is C7H5AsO2. The number of hydrogen-bond donors (Lipinski definition) is 1. The summed E-state index contributed by atoms with van der Waals surface area (Å²) in [6.07, 6.45) is 0. The summed E-state index contributed by atoms with van der Waals surface area (Å²) >= 11 is 2.35. The van der Waals surface area contributed by atoms with E-state index in [0.29, 0.717) is 5.56 Å². The van der Waals surface area contributed by atoms with E-state index < -0.39 is 5.97 Å². The summed E-state index contributed by atoms with van der Waals surface area (Å²) in [4.78, 5) is 10.3. The number of hydrogen-bond acceptors (Lipinski definition) is 1. The van der Waals surface area contributed by atoms with Gasteiger partial charge in [-0.3, -0.25) is 0 Å². The molecule has 10 heavy (non-hydrogen) atoms. The van der Waals surface area contributed by atoms with Crippen molar-refractivity contribution in [1.82, 2.24) is 0 Å². The molecule has 0 aromatic heterocycles. The molecule has 1 aromatic rings. The van der Waals surface area contributed by atoms with Crippen LogP contribution in [0.1, 0.15) is 10.4 Å². The maximum absolute atomic E-state index is 10.3. The van der Waals surface area contributed by atoms with E-state index in [1.165, 1.54) is 0 Å². The molecule has 0 saturated carbocycles. The number of carboxylic acid groups (broad SMARTS) is 1. The average molecular weight is 196 g/mol. The summed E-state index contributed by atoms with van der Waals surface area (Å²) < 4.78 is 1.01. The van der Waals surface area contributed by atoms with Crippen LogP contribution < -0.4 is 4.35 Å². The van der Waals surface area contributed by atoms with E-state index in [2.05, 4.69) is 16.9 Å². The maximum atomic E-state index is 10.3. The Morgan fingerprint density at radius 1 is 1.30 bits per heavy atom. The van der Waals surface area contributed by atoms with Crippen molar-refractivity contribution in [1.29, 1.82) is 0 Å². The van der Waals surface area contributed by atoms with E-state index in [4.69, 9.17) is 5.11 Å². The van der Waals surface area contributed by atoms with Gasteiger partial charge in [0, 0.05) is 0 Å². The number of rotatable bonds is 1. The zero-order valence-electron chi connectivity index (χ0n) is 5.11. The summed E-state index contributed by atoms with van der Waals surface area (Å²) in [6, 6.07) is 6.67. The van der Waals surface area contributed by atoms with Gasteiger partial charge in [0.05, 0.1) is 0 Å². The molecule has 1 rings (SSSR count). The molecule has 1 aromatic carbocycles. The first kappa shape index (κ1) is 7.36. The van der Waals surface area contributed by atoms with Crippen LogP contribution in [0.25, 0.3) is 0 Å². The minimum atomic E-state index is -0.882. The van der Waals surface area contributed by atoms with E-state index >= 15 is 0 Å². The van der Waals surface area contributed by atoms with Gasteiger partial charge in [-0.1, -0.05) is 0 Å². The number of carboxylic acids is 1. The number of benzene rings is 1. The van der Waals surface area contributed by atoms with Gasteiger partial charge in [-0.05, 0) is 0 Å². The summed E-state index contributed by atoms with van der Waals surface area (Å²) in [5, 5.41) is 8.47. The topological polar surface area (TPSA) is 37.3 Å². The first-order valence-electron chi connectivity index (χ1n) is 2.72. The van der Waals surface area contributed by atoms with Crippen molar-refractivity contribution < 1.29 is 9.90 Å². The van der Waals surface area contributed by atoms with E-state index in [1.807, 2.05) is 0 Å². The molecule has 0 atom stereocenters. The monoisotopic (exact) mass is 196 g/mol. The first-order chi connectivity index (χ1) is 4.70. The Morgan fingerprint density at radius 3 is 2.20 bits per heavy atom. The first-order valence-corrected chi connectivity index (χ1v) is 3.66. The van der Waals surface area contributed by atoms with Crippen LogP contribution in [0.5, 0.6) is 0 Å². The fourth-order valence-corrected chi connectivity index (χ4v) is 0.917. The molecule has 0 amide bonds. The Labute approximate surface area is 67.4 Å². The van der Waals surface area contributed by atoms with Crippen LogP contribution in [-0.4, -0.2) is 27.9 Å². The van der Waals surface area contributed by atoms with Gasteiger partial charge in [0.25, 0.3) is 0 Å². The molecule has 0 saturated heterocycles. The van der Waals surface area contributed by atoms with Crippen molar-refractivity contribution in [2.75, 3.05) is 0 Å². The fraction of sp³-hybridized carbons (Fsp3) is 0. The Kier molecular flexibility index (Phi) is 2.13. The van der Waals surface area contributed by atoms with E-state index in [-0.39, 0.29) is 0 Å². The second-order valence-electron chi connectivity index (χ2n) is 1.85. The van der Waals surface area contributed by atoms with Gasteiger partial charge in [0.15, 0.2) is 0 Å². The van der Waals surface area contributed by atoms with Gasteiger partial charge in [0.2, 0.25) is 0 Å². The molecule has 0 spiro atoms. The third kappa shape index (κ3) is 1.61. The molecule has 2 radical (unpaired) electrons. The predicted molar refractivity (Wildman–Crippen MR) is 38.8 cm³/mol. The molecule has 0 aliphatic rings. The van der Waals surface area contributed by atoms with Gasteiger partial charge < -0.3 is 0 Å². The van der Waals surface area contributed by atoms with E-state index in [0.717, 1.165) is 4.35 Å². The van der Waals surface area contributed by atoms with E-state index in [9.17, 15) is 4.79 Å². The van der Waals surface area contributed by atoms with Crippen LogP contribution >= 0.6 is 0 Å². The van der Waals surface area contributed by atoms with Crippen molar-refractivity contribution in [2.24, 2.45) is 0 Å².